The van der Waals surface area contributed by atoms with Crippen LogP contribution in [0.1, 0.15) is 39.0 Å². The number of hydrogen-bond acceptors (Lipinski definition) is 4. The van der Waals surface area contributed by atoms with Gasteiger partial charge in [-0.3, -0.25) is 4.90 Å². The van der Waals surface area contributed by atoms with E-state index in [0.29, 0.717) is 18.7 Å². The summed E-state index contributed by atoms with van der Waals surface area (Å²) >= 11 is 0. The molecule has 1 unspecified atom stereocenters. The number of nitrogens with zero attached hydrogens (tertiary/aromatic N) is 2. The van der Waals surface area contributed by atoms with Crippen molar-refractivity contribution in [1.29, 1.82) is 5.26 Å². The quantitative estimate of drug-likeness (QED) is 0.823. The molecule has 1 heterocycles. The van der Waals surface area contributed by atoms with Crippen LogP contribution in [0.4, 0.5) is 0 Å². The molecule has 0 spiro atoms. The summed E-state index contributed by atoms with van der Waals surface area (Å²) < 4.78 is 5.41. The highest BCUT2D eigenvalue weighted by molar-refractivity contribution is 4.92. The fourth-order valence-electron chi connectivity index (χ4n) is 3.07. The summed E-state index contributed by atoms with van der Waals surface area (Å²) in [6.07, 6.45) is 6.08. The first-order valence-corrected chi connectivity index (χ1v) is 7.32. The Morgan fingerprint density at radius 1 is 1.33 bits per heavy atom. The highest BCUT2D eigenvalue weighted by Crippen LogP contribution is 2.24. The normalized spacial score (nSPS) is 34.1. The highest BCUT2D eigenvalue weighted by Gasteiger charge is 2.29. The van der Waals surface area contributed by atoms with Crippen molar-refractivity contribution in [3.63, 3.8) is 0 Å². The summed E-state index contributed by atoms with van der Waals surface area (Å²) in [5.74, 6) is 0. The molecule has 4 nitrogen and oxygen atoms in total. The Hall–Kier alpha value is -0.630. The fraction of sp³-hybridized carbons (Fsp3) is 0.929. The van der Waals surface area contributed by atoms with Crippen LogP contribution >= 0.6 is 0 Å². The van der Waals surface area contributed by atoms with Gasteiger partial charge >= 0.3 is 0 Å². The Morgan fingerprint density at radius 2 is 2.11 bits per heavy atom. The Morgan fingerprint density at radius 3 is 2.78 bits per heavy atom. The van der Waals surface area contributed by atoms with E-state index in [9.17, 15) is 0 Å². The zero-order valence-electron chi connectivity index (χ0n) is 11.4. The number of morpholine rings is 1. The maximum Gasteiger partial charge on any atom is 0.156 e. The van der Waals surface area contributed by atoms with Crippen LogP contribution < -0.4 is 5.32 Å². The molecule has 1 saturated carbocycles. The van der Waals surface area contributed by atoms with Gasteiger partial charge in [0.2, 0.25) is 0 Å². The van der Waals surface area contributed by atoms with Gasteiger partial charge in [0.05, 0.1) is 12.7 Å². The smallest absolute Gasteiger partial charge is 0.156 e. The summed E-state index contributed by atoms with van der Waals surface area (Å²) in [6.45, 7) is 5.87. The predicted octanol–water partition coefficient (Wildman–Crippen LogP) is 1.52. The number of nitrogens with one attached hydrogen (secondary N) is 1. The molecule has 0 aromatic carbocycles. The van der Waals surface area contributed by atoms with Gasteiger partial charge in [0.1, 0.15) is 0 Å². The molecule has 0 bridgehead atoms. The van der Waals surface area contributed by atoms with E-state index in [-0.39, 0.29) is 6.10 Å². The zero-order chi connectivity index (χ0) is 12.8. The van der Waals surface area contributed by atoms with Crippen molar-refractivity contribution in [2.45, 2.75) is 57.2 Å². The molecular weight excluding hydrogens is 226 g/mol. The minimum absolute atomic E-state index is 0.213. The third-order valence-electron chi connectivity index (χ3n) is 4.14. The average Bonchev–Trinajstić information content (AvgIpc) is 2.46. The number of ether oxygens (including phenoxy) is 1. The second-order valence-corrected chi connectivity index (χ2v) is 5.44. The van der Waals surface area contributed by atoms with Crippen molar-refractivity contribution in [2.24, 2.45) is 0 Å². The Bertz CT molecular complexity index is 281. The van der Waals surface area contributed by atoms with Crippen molar-refractivity contribution < 1.29 is 4.74 Å². The van der Waals surface area contributed by atoms with Gasteiger partial charge < -0.3 is 10.1 Å². The molecule has 4 heteroatoms. The molecule has 1 atom stereocenters. The van der Waals surface area contributed by atoms with Gasteiger partial charge in [0.15, 0.2) is 6.10 Å². The van der Waals surface area contributed by atoms with Crippen molar-refractivity contribution in [2.75, 3.05) is 26.2 Å². The minimum Gasteiger partial charge on any atom is -0.361 e. The Kier molecular flexibility index (Phi) is 5.43. The lowest BCUT2D eigenvalue weighted by Crippen LogP contribution is -2.49. The largest absolute Gasteiger partial charge is 0.361 e. The van der Waals surface area contributed by atoms with Crippen LogP contribution in [0, 0.1) is 11.3 Å². The molecule has 102 valence electrons. The fourth-order valence-corrected chi connectivity index (χ4v) is 3.07. The third kappa shape index (κ3) is 3.68. The monoisotopic (exact) mass is 251 g/mol. The molecular formula is C14H25N3O. The van der Waals surface area contributed by atoms with E-state index >= 15 is 0 Å². The molecule has 2 rings (SSSR count). The van der Waals surface area contributed by atoms with Crippen LogP contribution in [-0.2, 0) is 4.74 Å². The molecule has 1 N–H and O–H groups in total. The van der Waals surface area contributed by atoms with Crippen LogP contribution in [0.2, 0.25) is 0 Å². The molecule has 0 aromatic heterocycles. The molecule has 0 radical (unpaired) electrons. The van der Waals surface area contributed by atoms with Crippen LogP contribution in [0.3, 0.4) is 0 Å². The van der Waals surface area contributed by atoms with Crippen molar-refractivity contribution >= 4 is 0 Å². The summed E-state index contributed by atoms with van der Waals surface area (Å²) in [4.78, 5) is 2.47. The van der Waals surface area contributed by atoms with E-state index in [1.165, 1.54) is 32.1 Å². The topological polar surface area (TPSA) is 48.3 Å². The molecule has 18 heavy (non-hydrogen) atoms. The van der Waals surface area contributed by atoms with Gasteiger partial charge in [0.25, 0.3) is 0 Å². The summed E-state index contributed by atoms with van der Waals surface area (Å²) in [5.41, 5.74) is 0. The van der Waals surface area contributed by atoms with Gasteiger partial charge in [-0.1, -0.05) is 6.92 Å². The SMILES string of the molecule is CCCNC1CCC(N2CCOC(C#N)C2)CC1. The van der Waals surface area contributed by atoms with Crippen molar-refractivity contribution in [3.05, 3.63) is 0 Å². The predicted molar refractivity (Wildman–Crippen MR) is 71.3 cm³/mol. The van der Waals surface area contributed by atoms with Gasteiger partial charge in [-0.2, -0.15) is 5.26 Å². The van der Waals surface area contributed by atoms with E-state index in [1.807, 2.05) is 0 Å². The molecule has 1 saturated heterocycles. The van der Waals surface area contributed by atoms with Gasteiger partial charge in [-0.15, -0.1) is 0 Å². The van der Waals surface area contributed by atoms with Gasteiger partial charge in [-0.25, -0.2) is 0 Å². The van der Waals surface area contributed by atoms with Crippen molar-refractivity contribution in [1.82, 2.24) is 10.2 Å². The summed E-state index contributed by atoms with van der Waals surface area (Å²) in [5, 5.41) is 12.6. The second kappa shape index (κ2) is 7.08. The van der Waals surface area contributed by atoms with Crippen LogP contribution in [-0.4, -0.2) is 49.3 Å². The number of hydrogen-bond donors (Lipinski definition) is 1. The number of nitriles is 1. The summed E-state index contributed by atoms with van der Waals surface area (Å²) in [7, 11) is 0. The third-order valence-corrected chi connectivity index (χ3v) is 4.14. The van der Waals surface area contributed by atoms with E-state index in [2.05, 4.69) is 23.2 Å². The lowest BCUT2D eigenvalue weighted by Gasteiger charge is -2.40. The molecule has 0 aromatic rings. The van der Waals surface area contributed by atoms with E-state index < -0.39 is 0 Å². The second-order valence-electron chi connectivity index (χ2n) is 5.44. The van der Waals surface area contributed by atoms with E-state index in [4.69, 9.17) is 10.00 Å². The van der Waals surface area contributed by atoms with Crippen LogP contribution in [0.15, 0.2) is 0 Å². The molecule has 2 aliphatic rings. The molecule has 1 aliphatic heterocycles. The maximum absolute atomic E-state index is 8.93. The van der Waals surface area contributed by atoms with Gasteiger partial charge in [0, 0.05) is 25.2 Å². The van der Waals surface area contributed by atoms with Crippen molar-refractivity contribution in [3.8, 4) is 6.07 Å². The Balaban J connectivity index is 1.74. The lowest BCUT2D eigenvalue weighted by atomic mass is 9.89. The highest BCUT2D eigenvalue weighted by atomic mass is 16.5. The maximum atomic E-state index is 8.93. The average molecular weight is 251 g/mol. The van der Waals surface area contributed by atoms with Crippen LogP contribution in [0.5, 0.6) is 0 Å². The zero-order valence-corrected chi connectivity index (χ0v) is 11.4. The van der Waals surface area contributed by atoms with Crippen LogP contribution in [0.25, 0.3) is 0 Å². The standard InChI is InChI=1S/C14H25N3O/c1-2-7-16-12-3-5-13(6-4-12)17-8-9-18-14(10-15)11-17/h12-14,16H,2-9,11H2,1H3. The lowest BCUT2D eigenvalue weighted by molar-refractivity contribution is -0.0244. The first kappa shape index (κ1) is 13.8. The molecule has 0 amide bonds. The Labute approximate surface area is 110 Å². The van der Waals surface area contributed by atoms with E-state index in [1.54, 1.807) is 0 Å². The first-order chi connectivity index (χ1) is 8.83. The number of rotatable bonds is 4. The van der Waals surface area contributed by atoms with E-state index in [0.717, 1.165) is 19.6 Å². The first-order valence-electron chi connectivity index (χ1n) is 7.32. The minimum atomic E-state index is -0.213. The molecule has 1 aliphatic carbocycles. The molecule has 2 fully saturated rings. The van der Waals surface area contributed by atoms with Gasteiger partial charge in [-0.05, 0) is 38.6 Å². The summed E-state index contributed by atoms with van der Waals surface area (Å²) in [6, 6.07) is 3.62.